The molecule has 0 rings (SSSR count). The maximum absolute atomic E-state index is 13.1. The maximum atomic E-state index is 13.1. The van der Waals surface area contributed by atoms with Crippen LogP contribution in [0.25, 0.3) is 0 Å². The second kappa shape index (κ2) is 77.6. The van der Waals surface area contributed by atoms with E-state index in [-0.39, 0.29) is 25.7 Å². The molecule has 0 aromatic heterocycles. The first-order valence-corrected chi connectivity index (χ1v) is 43.4. The Labute approximate surface area is 642 Å². The molecule has 0 radical (unpaired) electrons. The standard InChI is InChI=1S/C87H142O17P2/c1-5-9-13-17-21-25-29-33-36-38-40-42-45-49-52-56-60-64-68-72-85(90)98-78-83(104-87(92)74-70-66-62-58-54-50-46-43-41-39-37-34-30-26-22-18-14-10-6-2)80-102-106(95,96)100-76-81(88)75-99-105(93,94)101-79-82(103-86(91)73-69-65-61-57-53-47-32-28-24-20-16-12-8-4)77-97-84(89)71-67-63-59-55-51-48-44-35-31-27-23-19-15-11-7-3/h9-11,13-15,21-23,25-27,33-37,40-44,49,51-52,55,60,64,81-83,88H,5-8,12,16-20,24,28-32,38-39,45-48,50,53-54,56-59,61-63,65-80H2,1-4H3,(H,93,94)(H,95,96)/b13-9-,14-10-,15-11-,25-21-,26-22-,27-23-,36-33-,37-34-,42-40-,43-41-,44-35-,52-49-,55-51-,64-60-. The number of carbonyl (C=O) groups excluding carboxylic acids is 4. The van der Waals surface area contributed by atoms with Gasteiger partial charge >= 0.3 is 39.5 Å². The minimum absolute atomic E-state index is 0.0263. The summed E-state index contributed by atoms with van der Waals surface area (Å²) < 4.78 is 68.5. The van der Waals surface area contributed by atoms with Crippen LogP contribution in [-0.4, -0.2) is 96.7 Å². The van der Waals surface area contributed by atoms with E-state index >= 15 is 0 Å². The zero-order valence-electron chi connectivity index (χ0n) is 65.8. The summed E-state index contributed by atoms with van der Waals surface area (Å²) in [5, 5.41) is 10.6. The van der Waals surface area contributed by atoms with Crippen molar-refractivity contribution in [3.63, 3.8) is 0 Å². The highest BCUT2D eigenvalue weighted by Crippen LogP contribution is 2.45. The topological polar surface area (TPSA) is 237 Å². The summed E-state index contributed by atoms with van der Waals surface area (Å²) >= 11 is 0. The SMILES string of the molecule is CC/C=C\C/C=C\C/C=C\C/C=C\C/C=C\C/C=C\CCC(=O)OCC(COP(=O)(O)OCC(O)COP(=O)(O)OCC(COC(=O)CCCC/C=C\C/C=C\C/C=C\C/C=C\CC)OC(=O)CCCCCCCCCCCCCCC)OC(=O)CCCCCCCC/C=C\C/C=C\C/C=C\C/C=C\CC. The lowest BCUT2D eigenvalue weighted by Gasteiger charge is -2.21. The molecule has 0 heterocycles. The molecule has 0 spiro atoms. The van der Waals surface area contributed by atoms with E-state index in [0.717, 1.165) is 161 Å². The Kier molecular flexibility index (Phi) is 73.5. The number of aliphatic hydroxyl groups is 1. The lowest BCUT2D eigenvalue weighted by molar-refractivity contribution is -0.161. The number of aliphatic hydroxyl groups excluding tert-OH is 1. The van der Waals surface area contributed by atoms with Crippen molar-refractivity contribution < 1.29 is 80.2 Å². The van der Waals surface area contributed by atoms with Crippen molar-refractivity contribution in [1.29, 1.82) is 0 Å². The summed E-state index contributed by atoms with van der Waals surface area (Å²) in [5.41, 5.74) is 0. The molecule has 602 valence electrons. The minimum atomic E-state index is -5.01. The van der Waals surface area contributed by atoms with Crippen molar-refractivity contribution in [2.45, 2.75) is 316 Å². The zero-order chi connectivity index (χ0) is 77.4. The predicted molar refractivity (Wildman–Crippen MR) is 436 cm³/mol. The van der Waals surface area contributed by atoms with Gasteiger partial charge in [-0.1, -0.05) is 301 Å². The van der Waals surface area contributed by atoms with Crippen molar-refractivity contribution in [3.8, 4) is 0 Å². The van der Waals surface area contributed by atoms with Gasteiger partial charge in [0, 0.05) is 25.7 Å². The van der Waals surface area contributed by atoms with Crippen molar-refractivity contribution in [2.24, 2.45) is 0 Å². The smallest absolute Gasteiger partial charge is 0.462 e. The lowest BCUT2D eigenvalue weighted by Crippen LogP contribution is -2.30. The molecule has 0 aliphatic rings. The van der Waals surface area contributed by atoms with Gasteiger partial charge in [-0.25, -0.2) is 9.13 Å². The van der Waals surface area contributed by atoms with E-state index in [9.17, 15) is 43.2 Å². The van der Waals surface area contributed by atoms with Crippen molar-refractivity contribution in [3.05, 3.63) is 170 Å². The molecule has 0 amide bonds. The molecule has 17 nitrogen and oxygen atoms in total. The number of ether oxygens (including phenoxy) is 4. The molecule has 0 aliphatic heterocycles. The van der Waals surface area contributed by atoms with Crippen LogP contribution in [0, 0.1) is 0 Å². The van der Waals surface area contributed by atoms with Gasteiger partial charge in [0.1, 0.15) is 19.3 Å². The van der Waals surface area contributed by atoms with E-state index in [1.54, 1.807) is 0 Å². The Hall–Kier alpha value is -5.58. The van der Waals surface area contributed by atoms with E-state index < -0.39 is 97.5 Å². The van der Waals surface area contributed by atoms with Crippen molar-refractivity contribution >= 4 is 39.5 Å². The van der Waals surface area contributed by atoms with E-state index in [0.29, 0.717) is 32.1 Å². The molecule has 5 atom stereocenters. The number of phosphoric ester groups is 2. The van der Waals surface area contributed by atoms with Crippen molar-refractivity contribution in [2.75, 3.05) is 39.6 Å². The molecule has 3 N–H and O–H groups in total. The van der Waals surface area contributed by atoms with E-state index in [1.165, 1.54) is 51.4 Å². The van der Waals surface area contributed by atoms with Crippen LogP contribution in [0.15, 0.2) is 170 Å². The Bertz CT molecular complexity index is 2680. The number of rotatable bonds is 74. The molecule has 0 aromatic carbocycles. The third-order valence-electron chi connectivity index (χ3n) is 16.2. The summed E-state index contributed by atoms with van der Waals surface area (Å²) in [6.45, 7) is 4.38. The molecule has 0 saturated carbocycles. The second-order valence-corrected chi connectivity index (χ2v) is 29.1. The Morgan fingerprint density at radius 2 is 0.509 bits per heavy atom. The fraction of sp³-hybridized carbons (Fsp3) is 0.632. The first kappa shape index (κ1) is 100. The highest BCUT2D eigenvalue weighted by Gasteiger charge is 2.30. The number of hydrogen-bond donors (Lipinski definition) is 3. The van der Waals surface area contributed by atoms with Gasteiger partial charge in [0.05, 0.1) is 26.4 Å². The normalized spacial score (nSPS) is 14.7. The van der Waals surface area contributed by atoms with Gasteiger partial charge in [-0.05, 0) is 141 Å². The van der Waals surface area contributed by atoms with Crippen LogP contribution in [0.2, 0.25) is 0 Å². The van der Waals surface area contributed by atoms with E-state index in [4.69, 9.17) is 37.0 Å². The van der Waals surface area contributed by atoms with Crippen LogP contribution in [0.1, 0.15) is 297 Å². The first-order valence-electron chi connectivity index (χ1n) is 40.4. The number of hydrogen-bond acceptors (Lipinski definition) is 15. The van der Waals surface area contributed by atoms with Gasteiger partial charge in [0.25, 0.3) is 0 Å². The molecule has 106 heavy (non-hydrogen) atoms. The van der Waals surface area contributed by atoms with Gasteiger partial charge in [0.15, 0.2) is 12.2 Å². The number of esters is 4. The van der Waals surface area contributed by atoms with Crippen LogP contribution in [0.4, 0.5) is 0 Å². The van der Waals surface area contributed by atoms with Gasteiger partial charge in [-0.2, -0.15) is 0 Å². The van der Waals surface area contributed by atoms with Gasteiger partial charge in [-0.15, -0.1) is 0 Å². The number of unbranched alkanes of at least 4 members (excludes halogenated alkanes) is 20. The van der Waals surface area contributed by atoms with Crippen LogP contribution in [0.5, 0.6) is 0 Å². The Morgan fingerprint density at radius 1 is 0.274 bits per heavy atom. The highest BCUT2D eigenvalue weighted by atomic mass is 31.2. The van der Waals surface area contributed by atoms with Crippen LogP contribution in [0.3, 0.4) is 0 Å². The molecule has 0 fully saturated rings. The fourth-order valence-corrected chi connectivity index (χ4v) is 11.7. The zero-order valence-corrected chi connectivity index (χ0v) is 67.6. The second-order valence-electron chi connectivity index (χ2n) is 26.2. The first-order chi connectivity index (χ1) is 51.7. The lowest BCUT2D eigenvalue weighted by atomic mass is 10.0. The Balaban J connectivity index is 5.48. The third kappa shape index (κ3) is 76.6. The number of allylic oxidation sites excluding steroid dienone is 28. The van der Waals surface area contributed by atoms with E-state index in [1.807, 2.05) is 18.2 Å². The number of phosphoric acid groups is 2. The maximum Gasteiger partial charge on any atom is 0.472 e. The summed E-state index contributed by atoms with van der Waals surface area (Å²) in [6, 6.07) is 0. The molecule has 0 aromatic rings. The van der Waals surface area contributed by atoms with Crippen LogP contribution < -0.4 is 0 Å². The van der Waals surface area contributed by atoms with Crippen LogP contribution in [-0.2, 0) is 65.4 Å². The highest BCUT2D eigenvalue weighted by molar-refractivity contribution is 7.47. The Morgan fingerprint density at radius 3 is 0.830 bits per heavy atom. The van der Waals surface area contributed by atoms with Gasteiger partial charge < -0.3 is 33.8 Å². The predicted octanol–water partition coefficient (Wildman–Crippen LogP) is 23.8. The van der Waals surface area contributed by atoms with Crippen LogP contribution >= 0.6 is 15.6 Å². The molecule has 5 unspecified atom stereocenters. The molecule has 0 aliphatic carbocycles. The summed E-state index contributed by atoms with van der Waals surface area (Å²) in [5.74, 6) is -2.34. The van der Waals surface area contributed by atoms with Crippen molar-refractivity contribution in [1.82, 2.24) is 0 Å². The average Bonchev–Trinajstić information content (AvgIpc) is 0.903. The number of carbonyl (C=O) groups is 4. The minimum Gasteiger partial charge on any atom is -0.462 e. The summed E-state index contributed by atoms with van der Waals surface area (Å²) in [6.07, 6.45) is 92.0. The van der Waals surface area contributed by atoms with E-state index in [2.05, 4.69) is 180 Å². The van der Waals surface area contributed by atoms with Gasteiger partial charge in [-0.3, -0.25) is 37.3 Å². The molecule has 0 saturated heterocycles. The quantitative estimate of drug-likeness (QED) is 0.0169. The largest absolute Gasteiger partial charge is 0.472 e. The summed E-state index contributed by atoms with van der Waals surface area (Å²) in [7, 11) is -10.0. The summed E-state index contributed by atoms with van der Waals surface area (Å²) in [4.78, 5) is 73.0. The monoisotopic (exact) mass is 1520 g/mol. The third-order valence-corrected chi connectivity index (χ3v) is 18.1. The average molecular weight is 1520 g/mol. The fourth-order valence-electron chi connectivity index (χ4n) is 10.2. The van der Waals surface area contributed by atoms with Gasteiger partial charge in [0.2, 0.25) is 0 Å². The molecule has 19 heteroatoms. The molecular formula is C87H142O17P2. The molecule has 0 bridgehead atoms. The molecular weight excluding hydrogens is 1380 g/mol.